The highest BCUT2D eigenvalue weighted by molar-refractivity contribution is 5.82. The zero-order valence-corrected chi connectivity index (χ0v) is 9.80. The SMILES string of the molecule is O=C[C@@H]1CCC(=O)[NH+]1C(=O)OCc1ccccc1. The van der Waals surface area contributed by atoms with Crippen LogP contribution in [-0.2, 0) is 20.9 Å². The monoisotopic (exact) mass is 248 g/mol. The largest absolute Gasteiger partial charge is 0.522 e. The summed E-state index contributed by atoms with van der Waals surface area (Å²) < 4.78 is 5.06. The highest BCUT2D eigenvalue weighted by Gasteiger charge is 2.43. The van der Waals surface area contributed by atoms with Gasteiger partial charge in [-0.3, -0.25) is 4.79 Å². The number of benzene rings is 1. The summed E-state index contributed by atoms with van der Waals surface area (Å²) in [5.41, 5.74) is 0.847. The molecule has 1 aliphatic heterocycles. The van der Waals surface area contributed by atoms with E-state index in [-0.39, 0.29) is 23.8 Å². The smallest absolute Gasteiger partial charge is 0.415 e. The minimum Gasteiger partial charge on any atom is -0.415 e. The molecule has 1 N–H and O–H groups in total. The Morgan fingerprint density at radius 2 is 2.11 bits per heavy atom. The number of quaternary nitrogens is 1. The highest BCUT2D eigenvalue weighted by atomic mass is 16.6. The summed E-state index contributed by atoms with van der Waals surface area (Å²) in [7, 11) is 0. The van der Waals surface area contributed by atoms with Crippen LogP contribution in [0, 0.1) is 0 Å². The summed E-state index contributed by atoms with van der Waals surface area (Å²) in [5.74, 6) is -0.273. The minimum absolute atomic E-state index is 0.000862. The van der Waals surface area contributed by atoms with Gasteiger partial charge in [0.15, 0.2) is 12.3 Å². The van der Waals surface area contributed by atoms with E-state index in [1.165, 1.54) is 0 Å². The van der Waals surface area contributed by atoms with Crippen LogP contribution in [0.25, 0.3) is 0 Å². The van der Waals surface area contributed by atoms with E-state index in [2.05, 4.69) is 0 Å². The van der Waals surface area contributed by atoms with Crippen LogP contribution in [0.4, 0.5) is 4.79 Å². The summed E-state index contributed by atoms with van der Waals surface area (Å²) in [6.45, 7) is 0.113. The summed E-state index contributed by atoms with van der Waals surface area (Å²) in [4.78, 5) is 34.0. The number of rotatable bonds is 3. The van der Waals surface area contributed by atoms with Gasteiger partial charge in [-0.05, 0) is 5.56 Å². The van der Waals surface area contributed by atoms with E-state index < -0.39 is 12.1 Å². The first-order chi connectivity index (χ1) is 8.72. The van der Waals surface area contributed by atoms with Gasteiger partial charge in [0, 0.05) is 6.42 Å². The normalized spacial score (nSPS) is 22.8. The topological polar surface area (TPSA) is 64.9 Å². The molecule has 2 amide bonds. The maximum atomic E-state index is 11.8. The molecule has 0 bridgehead atoms. The summed E-state index contributed by atoms with van der Waals surface area (Å²) in [6.07, 6.45) is 0.639. The Bertz CT molecular complexity index is 457. The molecule has 1 fully saturated rings. The van der Waals surface area contributed by atoms with Crippen molar-refractivity contribution in [3.05, 3.63) is 35.9 Å². The number of hydrogen-bond donors (Lipinski definition) is 1. The van der Waals surface area contributed by atoms with Crippen molar-refractivity contribution in [1.82, 2.24) is 0 Å². The molecule has 5 nitrogen and oxygen atoms in total. The average molecular weight is 248 g/mol. The van der Waals surface area contributed by atoms with E-state index in [1.807, 2.05) is 30.3 Å². The fourth-order valence-corrected chi connectivity index (χ4v) is 1.97. The van der Waals surface area contributed by atoms with Crippen molar-refractivity contribution in [3.63, 3.8) is 0 Å². The first kappa shape index (κ1) is 12.4. The molecule has 0 aromatic heterocycles. The minimum atomic E-state index is -0.668. The van der Waals surface area contributed by atoms with Gasteiger partial charge in [-0.25, -0.2) is 4.79 Å². The van der Waals surface area contributed by atoms with E-state index >= 15 is 0 Å². The van der Waals surface area contributed by atoms with Gasteiger partial charge in [0.2, 0.25) is 0 Å². The Balaban J connectivity index is 1.95. The average Bonchev–Trinajstić information content (AvgIpc) is 2.78. The van der Waals surface area contributed by atoms with Gasteiger partial charge in [0.1, 0.15) is 6.61 Å². The zero-order valence-electron chi connectivity index (χ0n) is 9.80. The molecule has 1 unspecified atom stereocenters. The lowest BCUT2D eigenvalue weighted by atomic mass is 10.2. The van der Waals surface area contributed by atoms with Crippen LogP contribution in [0.15, 0.2) is 30.3 Å². The molecule has 1 aliphatic rings. The molecule has 0 spiro atoms. The molecule has 0 saturated carbocycles. The number of aldehydes is 1. The highest BCUT2D eigenvalue weighted by Crippen LogP contribution is 2.02. The van der Waals surface area contributed by atoms with Crippen LogP contribution in [-0.4, -0.2) is 24.3 Å². The lowest BCUT2D eigenvalue weighted by Gasteiger charge is -2.11. The predicted octanol–water partition coefficient (Wildman–Crippen LogP) is 0.0960. The second kappa shape index (κ2) is 5.55. The molecule has 1 saturated heterocycles. The Hall–Kier alpha value is -2.01. The number of likely N-dealkylation sites (tertiary alicyclic amines) is 1. The number of carbonyl (C=O) groups excluding carboxylic acids is 3. The summed E-state index contributed by atoms with van der Waals surface area (Å²) in [5, 5.41) is 0. The Morgan fingerprint density at radius 3 is 2.78 bits per heavy atom. The molecule has 18 heavy (non-hydrogen) atoms. The number of hydrogen-bond acceptors (Lipinski definition) is 4. The number of nitrogens with one attached hydrogen (secondary N) is 1. The van der Waals surface area contributed by atoms with Crippen molar-refractivity contribution in [2.45, 2.75) is 25.5 Å². The van der Waals surface area contributed by atoms with E-state index in [9.17, 15) is 14.4 Å². The lowest BCUT2D eigenvalue weighted by Crippen LogP contribution is -3.18. The number of imide groups is 1. The van der Waals surface area contributed by atoms with Crippen LogP contribution >= 0.6 is 0 Å². The quantitative estimate of drug-likeness (QED) is 0.770. The maximum absolute atomic E-state index is 11.8. The molecule has 5 heteroatoms. The lowest BCUT2D eigenvalue weighted by molar-refractivity contribution is -0.749. The number of carbonyl (C=O) groups is 3. The molecule has 94 valence electrons. The molecule has 0 radical (unpaired) electrons. The third-order valence-electron chi connectivity index (χ3n) is 2.95. The summed E-state index contributed by atoms with van der Waals surface area (Å²) in [6, 6.07) is 8.59. The zero-order chi connectivity index (χ0) is 13.0. The van der Waals surface area contributed by atoms with Gasteiger partial charge in [-0.15, -0.1) is 0 Å². The van der Waals surface area contributed by atoms with Crippen LogP contribution in [0.2, 0.25) is 0 Å². The van der Waals surface area contributed by atoms with Crippen LogP contribution < -0.4 is 4.90 Å². The fraction of sp³-hybridized carbons (Fsp3) is 0.308. The van der Waals surface area contributed by atoms with Crippen molar-refractivity contribution in [3.8, 4) is 0 Å². The van der Waals surface area contributed by atoms with Gasteiger partial charge in [0.05, 0.1) is 6.42 Å². The van der Waals surface area contributed by atoms with Gasteiger partial charge < -0.3 is 4.74 Å². The van der Waals surface area contributed by atoms with Crippen LogP contribution in [0.3, 0.4) is 0 Å². The number of ether oxygens (including phenoxy) is 1. The van der Waals surface area contributed by atoms with Crippen LogP contribution in [0.5, 0.6) is 0 Å². The summed E-state index contributed by atoms with van der Waals surface area (Å²) >= 11 is 0. The van der Waals surface area contributed by atoms with E-state index in [4.69, 9.17) is 4.74 Å². The van der Waals surface area contributed by atoms with E-state index in [0.717, 1.165) is 5.56 Å². The van der Waals surface area contributed by atoms with Crippen LogP contribution in [0.1, 0.15) is 18.4 Å². The van der Waals surface area contributed by atoms with Gasteiger partial charge in [0.25, 0.3) is 0 Å². The van der Waals surface area contributed by atoms with Crippen molar-refractivity contribution >= 4 is 18.3 Å². The van der Waals surface area contributed by atoms with E-state index in [1.54, 1.807) is 0 Å². The second-order valence-electron chi connectivity index (χ2n) is 4.18. The predicted molar refractivity (Wildman–Crippen MR) is 61.7 cm³/mol. The molecule has 2 rings (SSSR count). The number of alkyl carbamates (subject to hydrolysis) is 2. The van der Waals surface area contributed by atoms with Crippen molar-refractivity contribution in [1.29, 1.82) is 0 Å². The Morgan fingerprint density at radius 1 is 1.39 bits per heavy atom. The third-order valence-corrected chi connectivity index (χ3v) is 2.95. The van der Waals surface area contributed by atoms with Gasteiger partial charge in [-0.2, -0.15) is 9.69 Å². The first-order valence-electron chi connectivity index (χ1n) is 5.78. The first-order valence-corrected chi connectivity index (χ1v) is 5.78. The Kier molecular flexibility index (Phi) is 3.84. The molecule has 0 aliphatic carbocycles. The molecule has 2 atom stereocenters. The molecule has 1 heterocycles. The van der Waals surface area contributed by atoms with E-state index in [0.29, 0.717) is 12.7 Å². The molecular formula is C13H14NO4+. The van der Waals surface area contributed by atoms with Crippen molar-refractivity contribution < 1.29 is 24.0 Å². The van der Waals surface area contributed by atoms with Crippen molar-refractivity contribution in [2.75, 3.05) is 0 Å². The van der Waals surface area contributed by atoms with Crippen molar-refractivity contribution in [2.24, 2.45) is 0 Å². The maximum Gasteiger partial charge on any atom is 0.522 e. The fourth-order valence-electron chi connectivity index (χ4n) is 1.97. The van der Waals surface area contributed by atoms with Gasteiger partial charge in [-0.1, -0.05) is 30.3 Å². The number of amides is 2. The van der Waals surface area contributed by atoms with Gasteiger partial charge >= 0.3 is 12.0 Å². The second-order valence-corrected chi connectivity index (χ2v) is 4.18. The Labute approximate surface area is 104 Å². The molecular weight excluding hydrogens is 234 g/mol. The molecule has 1 aromatic rings. The standard InChI is InChI=1S/C13H13NO4/c15-8-11-6-7-12(16)14(11)13(17)18-9-10-4-2-1-3-5-10/h1-5,8,11H,6-7,9H2/p+1/t11-/m0/s1. The third kappa shape index (κ3) is 2.62. The molecule has 1 aromatic carbocycles.